The molecule has 1 aliphatic rings. The number of likely N-dealkylation sites (N-methyl/N-ethyl adjacent to an activating group) is 1. The van der Waals surface area contributed by atoms with Gasteiger partial charge in [0, 0.05) is 43.3 Å². The van der Waals surface area contributed by atoms with Crippen LogP contribution in [0.15, 0.2) is 41.6 Å². The molecule has 2 N–H and O–H groups in total. The summed E-state index contributed by atoms with van der Waals surface area (Å²) in [6.07, 6.45) is 2.52. The third kappa shape index (κ3) is 2.42. The van der Waals surface area contributed by atoms with Gasteiger partial charge < -0.3 is 10.4 Å². The van der Waals surface area contributed by atoms with Gasteiger partial charge in [0.2, 0.25) is 10.0 Å². The van der Waals surface area contributed by atoms with E-state index in [0.717, 1.165) is 5.39 Å². The molecule has 1 aromatic carbocycles. The van der Waals surface area contributed by atoms with Crippen molar-refractivity contribution < 1.29 is 13.5 Å². The number of β-amino-alcohol motifs (C(OH)–C–C–N with tert-alkyl or cyclic N) is 1. The number of nitrogens with zero attached hydrogens (tertiary/aromatic N) is 2. The Labute approximate surface area is 123 Å². The van der Waals surface area contributed by atoms with Gasteiger partial charge in [-0.1, -0.05) is 12.1 Å². The summed E-state index contributed by atoms with van der Waals surface area (Å²) in [5.41, 5.74) is 0. The summed E-state index contributed by atoms with van der Waals surface area (Å²) in [5, 5.41) is 14.3. The van der Waals surface area contributed by atoms with Crippen LogP contribution in [0.2, 0.25) is 0 Å². The fraction of sp³-hybridized carbons (Fsp3) is 0.357. The molecule has 0 bridgehead atoms. The molecule has 0 amide bonds. The van der Waals surface area contributed by atoms with Gasteiger partial charge in [-0.25, -0.2) is 8.42 Å². The molecule has 0 saturated carbocycles. The van der Waals surface area contributed by atoms with Crippen LogP contribution in [0.3, 0.4) is 0 Å². The lowest BCUT2D eigenvalue weighted by Crippen LogP contribution is -2.44. The Balaban J connectivity index is 2.08. The highest BCUT2D eigenvalue weighted by molar-refractivity contribution is 7.89. The number of aromatic nitrogens is 1. The largest absolute Gasteiger partial charge is 0.390 e. The number of hydrogen-bond donors (Lipinski definition) is 2. The van der Waals surface area contributed by atoms with Crippen molar-refractivity contribution in [1.82, 2.24) is 14.6 Å². The minimum atomic E-state index is -3.68. The lowest BCUT2D eigenvalue weighted by Gasteiger charge is -2.26. The summed E-state index contributed by atoms with van der Waals surface area (Å²) < 4.78 is 26.9. The highest BCUT2D eigenvalue weighted by Gasteiger charge is 2.36. The topological polar surface area (TPSA) is 82.5 Å². The Morgan fingerprint density at radius 1 is 1.33 bits per heavy atom. The first-order valence-electron chi connectivity index (χ1n) is 6.71. The van der Waals surface area contributed by atoms with Crippen molar-refractivity contribution in [2.75, 3.05) is 20.1 Å². The number of pyridine rings is 1. The number of benzene rings is 1. The second-order valence-corrected chi connectivity index (χ2v) is 7.13. The van der Waals surface area contributed by atoms with E-state index in [0.29, 0.717) is 18.5 Å². The van der Waals surface area contributed by atoms with Gasteiger partial charge in [0.25, 0.3) is 0 Å². The molecule has 2 heterocycles. The van der Waals surface area contributed by atoms with Crippen LogP contribution in [-0.4, -0.2) is 55.1 Å². The molecule has 1 aliphatic heterocycles. The summed E-state index contributed by atoms with van der Waals surface area (Å²) in [6.45, 7) is 0.854. The van der Waals surface area contributed by atoms with Crippen LogP contribution in [0, 0.1) is 0 Å². The van der Waals surface area contributed by atoms with E-state index in [1.54, 1.807) is 30.6 Å². The molecule has 6 nitrogen and oxygen atoms in total. The smallest absolute Gasteiger partial charge is 0.243 e. The maximum atomic E-state index is 12.8. The van der Waals surface area contributed by atoms with Crippen molar-refractivity contribution in [2.45, 2.75) is 17.0 Å². The summed E-state index contributed by atoms with van der Waals surface area (Å²) in [6, 6.07) is 6.36. The van der Waals surface area contributed by atoms with Crippen molar-refractivity contribution in [1.29, 1.82) is 0 Å². The van der Waals surface area contributed by atoms with Crippen molar-refractivity contribution in [3.63, 3.8) is 0 Å². The number of hydrogen-bond acceptors (Lipinski definition) is 5. The molecular weight excluding hydrogens is 290 g/mol. The second kappa shape index (κ2) is 5.34. The molecular formula is C14H17N3O3S. The van der Waals surface area contributed by atoms with Gasteiger partial charge >= 0.3 is 0 Å². The van der Waals surface area contributed by atoms with Crippen LogP contribution in [-0.2, 0) is 10.0 Å². The van der Waals surface area contributed by atoms with Crippen molar-refractivity contribution >= 4 is 20.8 Å². The van der Waals surface area contributed by atoms with E-state index < -0.39 is 22.2 Å². The Morgan fingerprint density at radius 2 is 2.14 bits per heavy atom. The van der Waals surface area contributed by atoms with Crippen LogP contribution >= 0.6 is 0 Å². The zero-order valence-corrected chi connectivity index (χ0v) is 12.4. The maximum absolute atomic E-state index is 12.8. The highest BCUT2D eigenvalue weighted by Crippen LogP contribution is 2.26. The number of aliphatic hydroxyl groups excluding tert-OH is 1. The van der Waals surface area contributed by atoms with Crippen LogP contribution < -0.4 is 5.32 Å². The minimum Gasteiger partial charge on any atom is -0.390 e. The second-order valence-electron chi connectivity index (χ2n) is 5.17. The number of rotatable bonds is 3. The molecule has 0 spiro atoms. The average Bonchev–Trinajstić information content (AvgIpc) is 2.91. The summed E-state index contributed by atoms with van der Waals surface area (Å²) >= 11 is 0. The van der Waals surface area contributed by atoms with Crippen LogP contribution in [0.4, 0.5) is 0 Å². The van der Waals surface area contributed by atoms with Gasteiger partial charge in [-0.15, -0.1) is 0 Å². The van der Waals surface area contributed by atoms with Gasteiger partial charge in [-0.05, 0) is 12.1 Å². The molecule has 1 aromatic heterocycles. The predicted octanol–water partition coefficient (Wildman–Crippen LogP) is 0.188. The third-order valence-electron chi connectivity index (χ3n) is 3.92. The molecule has 112 valence electrons. The van der Waals surface area contributed by atoms with Gasteiger partial charge in [0.05, 0.1) is 17.0 Å². The third-order valence-corrected chi connectivity index (χ3v) is 5.86. The van der Waals surface area contributed by atoms with E-state index in [2.05, 4.69) is 10.3 Å². The summed E-state index contributed by atoms with van der Waals surface area (Å²) in [4.78, 5) is 4.25. The normalized spacial score (nSPS) is 23.0. The predicted molar refractivity (Wildman–Crippen MR) is 79.4 cm³/mol. The molecule has 2 atom stereocenters. The number of nitrogens with one attached hydrogen (secondary N) is 1. The van der Waals surface area contributed by atoms with E-state index >= 15 is 0 Å². The van der Waals surface area contributed by atoms with Gasteiger partial charge in [0.15, 0.2) is 0 Å². The standard InChI is InChI=1S/C14H17N3O3S/c1-17(12-8-16-9-13(12)18)21(19,20)14-4-2-3-10-7-15-6-5-11(10)14/h2-7,12-13,16,18H,8-9H2,1H3/t12-,13-/m0/s1. The fourth-order valence-corrected chi connectivity index (χ4v) is 4.27. The Morgan fingerprint density at radius 3 is 2.86 bits per heavy atom. The van der Waals surface area contributed by atoms with Gasteiger partial charge in [-0.2, -0.15) is 4.31 Å². The molecule has 21 heavy (non-hydrogen) atoms. The molecule has 1 fully saturated rings. The highest BCUT2D eigenvalue weighted by atomic mass is 32.2. The molecule has 1 saturated heterocycles. The molecule has 0 radical (unpaired) electrons. The van der Waals surface area contributed by atoms with E-state index in [-0.39, 0.29) is 4.90 Å². The maximum Gasteiger partial charge on any atom is 0.243 e. The Kier molecular flexibility index (Phi) is 3.66. The molecule has 7 heteroatoms. The van der Waals surface area contributed by atoms with Crippen LogP contribution in [0.5, 0.6) is 0 Å². The van der Waals surface area contributed by atoms with Crippen molar-refractivity contribution in [2.24, 2.45) is 0 Å². The summed E-state index contributed by atoms with van der Waals surface area (Å²) in [5.74, 6) is 0. The van der Waals surface area contributed by atoms with Crippen LogP contribution in [0.25, 0.3) is 10.8 Å². The zero-order chi connectivity index (χ0) is 15.0. The number of fused-ring (bicyclic) bond motifs is 1. The SMILES string of the molecule is CN([C@H]1CNC[C@@H]1O)S(=O)(=O)c1cccc2cnccc12. The minimum absolute atomic E-state index is 0.240. The lowest BCUT2D eigenvalue weighted by atomic mass is 10.2. The first-order chi connectivity index (χ1) is 10.0. The van der Waals surface area contributed by atoms with Crippen LogP contribution in [0.1, 0.15) is 0 Å². The first kappa shape index (κ1) is 14.4. The molecule has 0 unspecified atom stereocenters. The van der Waals surface area contributed by atoms with E-state index in [9.17, 15) is 13.5 Å². The first-order valence-corrected chi connectivity index (χ1v) is 8.15. The summed E-state index contributed by atoms with van der Waals surface area (Å²) in [7, 11) is -2.17. The van der Waals surface area contributed by atoms with E-state index in [4.69, 9.17) is 0 Å². The molecule has 0 aliphatic carbocycles. The van der Waals surface area contributed by atoms with Gasteiger partial charge in [0.1, 0.15) is 0 Å². The molecule has 2 aromatic rings. The Hall–Kier alpha value is -1.54. The monoisotopic (exact) mass is 307 g/mol. The number of sulfonamides is 1. The molecule has 3 rings (SSSR count). The zero-order valence-electron chi connectivity index (χ0n) is 11.6. The average molecular weight is 307 g/mol. The lowest BCUT2D eigenvalue weighted by molar-refractivity contribution is 0.136. The fourth-order valence-electron chi connectivity index (χ4n) is 2.67. The number of aliphatic hydroxyl groups is 1. The van der Waals surface area contributed by atoms with Crippen molar-refractivity contribution in [3.8, 4) is 0 Å². The van der Waals surface area contributed by atoms with Gasteiger partial charge in [-0.3, -0.25) is 4.98 Å². The van der Waals surface area contributed by atoms with E-state index in [1.807, 2.05) is 6.07 Å². The van der Waals surface area contributed by atoms with Crippen molar-refractivity contribution in [3.05, 3.63) is 36.7 Å². The Bertz CT molecular complexity index is 758. The quantitative estimate of drug-likeness (QED) is 0.846. The van der Waals surface area contributed by atoms with E-state index in [1.165, 1.54) is 11.4 Å².